The third-order valence-corrected chi connectivity index (χ3v) is 2.02. The number of rotatable bonds is 2. The van der Waals surface area contributed by atoms with E-state index < -0.39 is 0 Å². The van der Waals surface area contributed by atoms with Crippen molar-refractivity contribution in [2.45, 2.75) is 0 Å². The van der Waals surface area contributed by atoms with Gasteiger partial charge in [0.25, 0.3) is 0 Å². The molecule has 0 saturated heterocycles. The molecule has 5 nitrogen and oxygen atoms in total. The molecule has 0 radical (unpaired) electrons. The second-order valence-electron chi connectivity index (χ2n) is 3.07. The van der Waals surface area contributed by atoms with Gasteiger partial charge in [-0.25, -0.2) is 4.98 Å². The first-order valence-electron chi connectivity index (χ1n) is 4.48. The number of anilines is 3. The van der Waals surface area contributed by atoms with Gasteiger partial charge in [0.15, 0.2) is 5.82 Å². The molecule has 0 aliphatic heterocycles. The number of hydrogen-bond donors (Lipinski definition) is 1. The van der Waals surface area contributed by atoms with Crippen LogP contribution in [0.4, 0.5) is 17.3 Å². The topological polar surface area (TPSA) is 67.9 Å². The lowest BCUT2D eigenvalue weighted by Gasteiger charge is -2.17. The van der Waals surface area contributed by atoms with E-state index >= 15 is 0 Å². The molecule has 2 rings (SSSR count). The van der Waals surface area contributed by atoms with Crippen molar-refractivity contribution in [2.24, 2.45) is 0 Å². The predicted molar refractivity (Wildman–Crippen MR) is 58.7 cm³/mol. The summed E-state index contributed by atoms with van der Waals surface area (Å²) in [5.41, 5.74) is 6.50. The first-order chi connectivity index (χ1) is 7.27. The number of nitrogens with two attached hydrogens (primary N) is 1. The van der Waals surface area contributed by atoms with Crippen LogP contribution in [0.5, 0.6) is 0 Å². The normalized spacial score (nSPS) is 9.93. The summed E-state index contributed by atoms with van der Waals surface area (Å²) in [7, 11) is 1.89. The maximum atomic E-state index is 5.56. The number of nitrogen functional groups attached to an aromatic ring is 1. The van der Waals surface area contributed by atoms with E-state index in [0.29, 0.717) is 11.6 Å². The number of hydrogen-bond acceptors (Lipinski definition) is 5. The summed E-state index contributed by atoms with van der Waals surface area (Å²) >= 11 is 0. The number of nitrogens with zero attached hydrogens (tertiary/aromatic N) is 4. The van der Waals surface area contributed by atoms with Crippen LogP contribution in [-0.4, -0.2) is 22.0 Å². The van der Waals surface area contributed by atoms with Gasteiger partial charge in [-0.1, -0.05) is 0 Å². The van der Waals surface area contributed by atoms with Crippen LogP contribution in [0.25, 0.3) is 0 Å². The van der Waals surface area contributed by atoms with E-state index in [0.717, 1.165) is 5.69 Å². The molecule has 2 aromatic heterocycles. The van der Waals surface area contributed by atoms with E-state index in [4.69, 9.17) is 5.73 Å². The summed E-state index contributed by atoms with van der Waals surface area (Å²) in [5, 5.41) is 0. The minimum atomic E-state index is 0.406. The minimum absolute atomic E-state index is 0.406. The fraction of sp³-hybridized carbons (Fsp3) is 0.100. The van der Waals surface area contributed by atoms with Gasteiger partial charge in [-0.3, -0.25) is 9.97 Å². The Hall–Kier alpha value is -2.17. The van der Waals surface area contributed by atoms with Crippen molar-refractivity contribution in [3.8, 4) is 0 Å². The van der Waals surface area contributed by atoms with E-state index in [2.05, 4.69) is 15.0 Å². The van der Waals surface area contributed by atoms with E-state index in [1.165, 1.54) is 6.20 Å². The molecule has 2 heterocycles. The predicted octanol–water partition coefficient (Wildman–Crippen LogP) is 1.22. The molecule has 0 bridgehead atoms. The monoisotopic (exact) mass is 201 g/mol. The van der Waals surface area contributed by atoms with Crippen molar-refractivity contribution in [1.29, 1.82) is 0 Å². The molecular weight excluding hydrogens is 190 g/mol. The molecule has 0 atom stereocenters. The smallest absolute Gasteiger partial charge is 0.153 e. The molecule has 15 heavy (non-hydrogen) atoms. The molecule has 0 saturated carbocycles. The lowest BCUT2D eigenvalue weighted by atomic mass is 10.4. The van der Waals surface area contributed by atoms with E-state index in [1.54, 1.807) is 18.6 Å². The highest BCUT2D eigenvalue weighted by Crippen LogP contribution is 2.19. The van der Waals surface area contributed by atoms with Gasteiger partial charge < -0.3 is 10.6 Å². The Morgan fingerprint density at radius 3 is 2.73 bits per heavy atom. The van der Waals surface area contributed by atoms with Gasteiger partial charge in [0.05, 0.1) is 24.3 Å². The Kier molecular flexibility index (Phi) is 2.45. The molecule has 0 amide bonds. The molecule has 5 heteroatoms. The zero-order valence-electron chi connectivity index (χ0n) is 8.33. The highest BCUT2D eigenvalue weighted by molar-refractivity contribution is 5.57. The van der Waals surface area contributed by atoms with Gasteiger partial charge in [-0.15, -0.1) is 0 Å². The molecule has 0 aliphatic carbocycles. The Morgan fingerprint density at radius 1 is 1.20 bits per heavy atom. The van der Waals surface area contributed by atoms with Gasteiger partial charge >= 0.3 is 0 Å². The summed E-state index contributed by atoms with van der Waals surface area (Å²) in [6, 6.07) is 3.81. The molecule has 0 unspecified atom stereocenters. The average Bonchev–Trinajstić information content (AvgIpc) is 2.29. The molecule has 0 fully saturated rings. The fourth-order valence-electron chi connectivity index (χ4n) is 1.22. The zero-order valence-corrected chi connectivity index (χ0v) is 8.33. The number of pyridine rings is 1. The Labute approximate surface area is 87.6 Å². The lowest BCUT2D eigenvalue weighted by molar-refractivity contribution is 1.08. The third kappa shape index (κ3) is 2.01. The molecule has 0 aromatic carbocycles. The first-order valence-corrected chi connectivity index (χ1v) is 4.48. The Morgan fingerprint density at radius 2 is 2.07 bits per heavy atom. The lowest BCUT2D eigenvalue weighted by Crippen LogP contribution is -2.12. The van der Waals surface area contributed by atoms with Gasteiger partial charge in [-0.2, -0.15) is 0 Å². The third-order valence-electron chi connectivity index (χ3n) is 2.02. The minimum Gasteiger partial charge on any atom is -0.382 e. The summed E-state index contributed by atoms with van der Waals surface area (Å²) in [6.07, 6.45) is 6.65. The van der Waals surface area contributed by atoms with Crippen LogP contribution < -0.4 is 10.6 Å². The van der Waals surface area contributed by atoms with Crippen molar-refractivity contribution in [3.63, 3.8) is 0 Å². The van der Waals surface area contributed by atoms with Gasteiger partial charge in [-0.05, 0) is 12.1 Å². The van der Waals surface area contributed by atoms with Crippen molar-refractivity contribution in [2.75, 3.05) is 17.7 Å². The molecule has 2 aromatic rings. The quantitative estimate of drug-likeness (QED) is 0.791. The Bertz CT molecular complexity index is 443. The number of aromatic nitrogens is 3. The van der Waals surface area contributed by atoms with Crippen LogP contribution >= 0.6 is 0 Å². The van der Waals surface area contributed by atoms with Crippen LogP contribution in [0.2, 0.25) is 0 Å². The van der Waals surface area contributed by atoms with Gasteiger partial charge in [0, 0.05) is 13.2 Å². The highest BCUT2D eigenvalue weighted by atomic mass is 15.2. The van der Waals surface area contributed by atoms with E-state index in [9.17, 15) is 0 Å². The SMILES string of the molecule is CN(c1cccnc1)c1cncc(N)n1. The van der Waals surface area contributed by atoms with Crippen LogP contribution in [0.3, 0.4) is 0 Å². The summed E-state index contributed by atoms with van der Waals surface area (Å²) in [6.45, 7) is 0. The highest BCUT2D eigenvalue weighted by Gasteiger charge is 2.05. The van der Waals surface area contributed by atoms with Crippen molar-refractivity contribution in [3.05, 3.63) is 36.9 Å². The summed E-state index contributed by atoms with van der Waals surface area (Å²) in [5.74, 6) is 1.10. The molecule has 76 valence electrons. The molecule has 0 aliphatic rings. The van der Waals surface area contributed by atoms with E-state index in [1.807, 2.05) is 24.1 Å². The molecular formula is C10H11N5. The van der Waals surface area contributed by atoms with Gasteiger partial charge in [0.2, 0.25) is 0 Å². The largest absolute Gasteiger partial charge is 0.382 e. The second kappa shape index (κ2) is 3.91. The standard InChI is InChI=1S/C10H11N5/c1-15(8-3-2-4-12-5-8)10-7-13-6-9(11)14-10/h2-7H,1H3,(H2,11,14). The molecule has 2 N–H and O–H groups in total. The van der Waals surface area contributed by atoms with Crippen molar-refractivity contribution < 1.29 is 0 Å². The van der Waals surface area contributed by atoms with Crippen molar-refractivity contribution in [1.82, 2.24) is 15.0 Å². The first kappa shape index (κ1) is 9.39. The summed E-state index contributed by atoms with van der Waals surface area (Å²) in [4.78, 5) is 14.0. The maximum Gasteiger partial charge on any atom is 0.153 e. The zero-order chi connectivity index (χ0) is 10.7. The second-order valence-corrected chi connectivity index (χ2v) is 3.07. The van der Waals surface area contributed by atoms with E-state index in [-0.39, 0.29) is 0 Å². The fourth-order valence-corrected chi connectivity index (χ4v) is 1.22. The van der Waals surface area contributed by atoms with Gasteiger partial charge in [0.1, 0.15) is 5.82 Å². The average molecular weight is 201 g/mol. The maximum absolute atomic E-state index is 5.56. The van der Waals surface area contributed by atoms with Crippen LogP contribution in [0, 0.1) is 0 Å². The van der Waals surface area contributed by atoms with Crippen LogP contribution in [-0.2, 0) is 0 Å². The van der Waals surface area contributed by atoms with Crippen LogP contribution in [0.1, 0.15) is 0 Å². The van der Waals surface area contributed by atoms with Crippen molar-refractivity contribution >= 4 is 17.3 Å². The molecule has 0 spiro atoms. The van der Waals surface area contributed by atoms with Crippen LogP contribution in [0.15, 0.2) is 36.9 Å². The Balaban J connectivity index is 2.32. The summed E-state index contributed by atoms with van der Waals surface area (Å²) < 4.78 is 0.